The molecule has 2 fully saturated rings. The zero-order valence-electron chi connectivity index (χ0n) is 20.8. The van der Waals surface area contributed by atoms with E-state index in [4.69, 9.17) is 14.2 Å². The number of thiophene rings is 1. The van der Waals surface area contributed by atoms with Crippen LogP contribution in [0, 0.1) is 0 Å². The number of β-lactam (4-membered cyclic amide) rings is 1. The minimum absolute atomic E-state index is 0.199. The van der Waals surface area contributed by atoms with E-state index in [1.54, 1.807) is 0 Å². The van der Waals surface area contributed by atoms with Gasteiger partial charge in [0, 0.05) is 10.5 Å². The zero-order valence-corrected chi connectivity index (χ0v) is 22.4. The second-order valence-corrected chi connectivity index (χ2v) is 11.3. The summed E-state index contributed by atoms with van der Waals surface area (Å²) >= 11 is 2.85. The molecular formula is C29H26N2O6S2. The fraction of sp³-hybridized carbons (Fsp3) is 0.276. The van der Waals surface area contributed by atoms with Crippen LogP contribution in [0.15, 0.2) is 89.2 Å². The summed E-state index contributed by atoms with van der Waals surface area (Å²) in [5.74, 6) is -1.16. The molecule has 0 spiro atoms. The van der Waals surface area contributed by atoms with E-state index >= 15 is 0 Å². The van der Waals surface area contributed by atoms with Gasteiger partial charge in [0.25, 0.3) is 0 Å². The Labute approximate surface area is 233 Å². The Kier molecular flexibility index (Phi) is 7.51. The molecule has 0 aliphatic carbocycles. The van der Waals surface area contributed by atoms with Gasteiger partial charge in [0.15, 0.2) is 18.4 Å². The number of amides is 2. The van der Waals surface area contributed by atoms with Crippen molar-refractivity contribution >= 4 is 40.9 Å². The van der Waals surface area contributed by atoms with Crippen LogP contribution in [0.25, 0.3) is 0 Å². The molecule has 2 amide bonds. The van der Waals surface area contributed by atoms with Crippen LogP contribution >= 0.6 is 23.1 Å². The molecule has 3 aliphatic heterocycles. The first-order valence-corrected chi connectivity index (χ1v) is 14.5. The van der Waals surface area contributed by atoms with Crippen molar-refractivity contribution in [3.63, 3.8) is 0 Å². The molecule has 1 aromatic heterocycles. The molecule has 10 heteroatoms. The van der Waals surface area contributed by atoms with Crippen molar-refractivity contribution in [3.8, 4) is 0 Å². The number of carbonyl (C=O) groups is 3. The number of thioether (sulfide) groups is 1. The van der Waals surface area contributed by atoms with E-state index in [9.17, 15) is 14.4 Å². The number of hydrogen-bond donors (Lipinski definition) is 1. The van der Waals surface area contributed by atoms with E-state index in [0.29, 0.717) is 18.8 Å². The lowest BCUT2D eigenvalue weighted by Gasteiger charge is -2.52. The fourth-order valence-corrected chi connectivity index (χ4v) is 6.90. The number of rotatable bonds is 8. The summed E-state index contributed by atoms with van der Waals surface area (Å²) < 4.78 is 17.6. The van der Waals surface area contributed by atoms with Gasteiger partial charge < -0.3 is 24.4 Å². The van der Waals surface area contributed by atoms with Crippen molar-refractivity contribution in [2.24, 2.45) is 0 Å². The van der Waals surface area contributed by atoms with Gasteiger partial charge in [-0.15, -0.1) is 23.1 Å². The third kappa shape index (κ3) is 5.25. The minimum atomic E-state index is -1.03. The van der Waals surface area contributed by atoms with Gasteiger partial charge in [0.2, 0.25) is 11.8 Å². The van der Waals surface area contributed by atoms with Crippen molar-refractivity contribution in [2.75, 3.05) is 13.2 Å². The van der Waals surface area contributed by atoms with Crippen LogP contribution in [0.5, 0.6) is 0 Å². The third-order valence-corrected chi connectivity index (χ3v) is 8.87. The molecule has 2 saturated heterocycles. The predicted molar refractivity (Wildman–Crippen MR) is 147 cm³/mol. The number of ether oxygens (including phenoxy) is 3. The molecule has 2 unspecified atom stereocenters. The summed E-state index contributed by atoms with van der Waals surface area (Å²) in [6.07, 6.45) is -1.22. The molecule has 0 radical (unpaired) electrons. The molecule has 2 aromatic carbocycles. The van der Waals surface area contributed by atoms with E-state index in [0.717, 1.165) is 16.0 Å². The van der Waals surface area contributed by atoms with E-state index in [1.807, 2.05) is 83.6 Å². The smallest absolute Gasteiger partial charge is 0.334 e. The molecule has 0 bridgehead atoms. The van der Waals surface area contributed by atoms with E-state index < -0.39 is 35.8 Å². The number of fused-ring (bicyclic) bond motifs is 1. The normalized spacial score (nSPS) is 22.7. The molecule has 39 heavy (non-hydrogen) atoms. The highest BCUT2D eigenvalue weighted by Gasteiger charge is 2.57. The van der Waals surface area contributed by atoms with Crippen molar-refractivity contribution in [3.05, 3.63) is 105 Å². The zero-order chi connectivity index (χ0) is 26.8. The van der Waals surface area contributed by atoms with Gasteiger partial charge in [-0.05, 0) is 28.0 Å². The summed E-state index contributed by atoms with van der Waals surface area (Å²) in [4.78, 5) is 42.4. The Bertz CT molecular complexity index is 1320. The number of hydrogen-bond acceptors (Lipinski definition) is 8. The number of benzene rings is 2. The Morgan fingerprint density at radius 2 is 1.64 bits per heavy atom. The Morgan fingerprint density at radius 3 is 2.26 bits per heavy atom. The lowest BCUT2D eigenvalue weighted by Crippen LogP contribution is -2.74. The number of carbonyl (C=O) groups excluding carboxylic acids is 3. The molecule has 6 rings (SSSR count). The number of nitrogens with one attached hydrogen (secondary N) is 1. The first-order valence-electron chi connectivity index (χ1n) is 12.6. The maximum absolute atomic E-state index is 13.9. The fourth-order valence-electron chi connectivity index (χ4n) is 4.96. The average Bonchev–Trinajstić information content (AvgIpc) is 3.70. The van der Waals surface area contributed by atoms with Crippen LogP contribution < -0.4 is 5.32 Å². The SMILES string of the molecule is O=C(Cc1cccs1)NC1C(=O)N2C(C(=O)OC(c3ccccc3)c3ccccc3)C(C3OCCO3)=CS[C@@H]12. The quantitative estimate of drug-likeness (QED) is 0.331. The van der Waals surface area contributed by atoms with Crippen molar-refractivity contribution in [1.82, 2.24) is 10.2 Å². The van der Waals surface area contributed by atoms with Gasteiger partial charge in [0.1, 0.15) is 11.4 Å². The monoisotopic (exact) mass is 562 g/mol. The first-order chi connectivity index (χ1) is 19.1. The van der Waals surface area contributed by atoms with Gasteiger partial charge in [-0.1, -0.05) is 66.7 Å². The predicted octanol–water partition coefficient (Wildman–Crippen LogP) is 3.65. The van der Waals surface area contributed by atoms with Crippen LogP contribution in [0.2, 0.25) is 0 Å². The summed E-state index contributed by atoms with van der Waals surface area (Å²) in [6, 6.07) is 21.0. The third-order valence-electron chi connectivity index (χ3n) is 6.80. The van der Waals surface area contributed by atoms with E-state index in [-0.39, 0.29) is 18.2 Å². The molecule has 0 saturated carbocycles. The highest BCUT2D eigenvalue weighted by molar-refractivity contribution is 8.03. The van der Waals surface area contributed by atoms with E-state index in [1.165, 1.54) is 28.0 Å². The average molecular weight is 563 g/mol. The van der Waals surface area contributed by atoms with Crippen molar-refractivity contribution < 1.29 is 28.6 Å². The van der Waals surface area contributed by atoms with Crippen LogP contribution in [0.4, 0.5) is 0 Å². The highest BCUT2D eigenvalue weighted by Crippen LogP contribution is 2.43. The Morgan fingerprint density at radius 1 is 0.974 bits per heavy atom. The highest BCUT2D eigenvalue weighted by atomic mass is 32.2. The summed E-state index contributed by atoms with van der Waals surface area (Å²) in [5, 5.41) is 6.13. The second kappa shape index (κ2) is 11.4. The van der Waals surface area contributed by atoms with Gasteiger partial charge >= 0.3 is 5.97 Å². The van der Waals surface area contributed by atoms with Crippen LogP contribution in [-0.2, 0) is 35.0 Å². The van der Waals surface area contributed by atoms with Crippen molar-refractivity contribution in [2.45, 2.75) is 36.3 Å². The largest absolute Gasteiger partial charge is 0.451 e. The summed E-state index contributed by atoms with van der Waals surface area (Å²) in [5.41, 5.74) is 2.15. The standard InChI is InChI=1S/C29H26N2O6S2/c32-22(16-20-12-7-15-38-20)30-23-26(33)31-24(21(17-39-27(23)31)29-35-13-14-36-29)28(34)37-25(18-8-3-1-4-9-18)19-10-5-2-6-11-19/h1-12,15,17,23-25,27,29H,13-14,16H2,(H,30,32)/t23?,24?,27-/m0/s1. The lowest BCUT2D eigenvalue weighted by atomic mass is 9.96. The lowest BCUT2D eigenvalue weighted by molar-refractivity contribution is -0.167. The summed E-state index contributed by atoms with van der Waals surface area (Å²) in [7, 11) is 0. The molecule has 3 atom stereocenters. The molecular weight excluding hydrogens is 536 g/mol. The number of esters is 1. The molecule has 1 N–H and O–H groups in total. The molecule has 3 aliphatic rings. The summed E-state index contributed by atoms with van der Waals surface area (Å²) in [6.45, 7) is 0.785. The second-order valence-electron chi connectivity index (χ2n) is 9.31. The molecule has 3 aromatic rings. The maximum Gasteiger partial charge on any atom is 0.334 e. The maximum atomic E-state index is 13.9. The first kappa shape index (κ1) is 25.8. The number of nitrogens with zero attached hydrogens (tertiary/aromatic N) is 1. The molecule has 200 valence electrons. The van der Waals surface area contributed by atoms with Crippen LogP contribution in [-0.4, -0.2) is 59.6 Å². The minimum Gasteiger partial charge on any atom is -0.451 e. The van der Waals surface area contributed by atoms with Gasteiger partial charge in [0.05, 0.1) is 19.6 Å². The van der Waals surface area contributed by atoms with Gasteiger partial charge in [-0.3, -0.25) is 9.59 Å². The topological polar surface area (TPSA) is 94.2 Å². The van der Waals surface area contributed by atoms with Gasteiger partial charge in [-0.25, -0.2) is 4.79 Å². The van der Waals surface area contributed by atoms with Gasteiger partial charge in [-0.2, -0.15) is 0 Å². The van der Waals surface area contributed by atoms with Crippen LogP contribution in [0.1, 0.15) is 22.1 Å². The molecule has 4 heterocycles. The Hall–Kier alpha value is -3.44. The van der Waals surface area contributed by atoms with E-state index in [2.05, 4.69) is 5.32 Å². The molecule has 8 nitrogen and oxygen atoms in total. The van der Waals surface area contributed by atoms with Crippen molar-refractivity contribution in [1.29, 1.82) is 0 Å². The van der Waals surface area contributed by atoms with Crippen LogP contribution in [0.3, 0.4) is 0 Å². The Balaban J connectivity index is 1.26.